The number of aromatic nitrogens is 2. The Hall–Kier alpha value is -1.36. The van der Waals surface area contributed by atoms with Crippen LogP contribution in [-0.4, -0.2) is 54.2 Å². The summed E-state index contributed by atoms with van der Waals surface area (Å²) in [6.45, 7) is 8.35. The van der Waals surface area contributed by atoms with Crippen molar-refractivity contribution in [1.82, 2.24) is 14.9 Å². The van der Waals surface area contributed by atoms with E-state index in [1.165, 1.54) is 0 Å². The Morgan fingerprint density at radius 3 is 2.39 bits per heavy atom. The molecule has 0 N–H and O–H groups in total. The van der Waals surface area contributed by atoms with Crippen molar-refractivity contribution in [1.29, 1.82) is 0 Å². The van der Waals surface area contributed by atoms with Crippen LogP contribution in [0.25, 0.3) is 0 Å². The lowest BCUT2D eigenvalue weighted by molar-refractivity contribution is 0.169. The van der Waals surface area contributed by atoms with Gasteiger partial charge in [-0.2, -0.15) is 0 Å². The molecule has 1 aromatic heterocycles. The fourth-order valence-corrected chi connectivity index (χ4v) is 2.36. The maximum absolute atomic E-state index is 5.19. The van der Waals surface area contributed by atoms with Crippen molar-refractivity contribution in [2.75, 3.05) is 32.1 Å². The number of hydrogen-bond donors (Lipinski definition) is 0. The Morgan fingerprint density at radius 2 is 1.89 bits per heavy atom. The lowest BCUT2D eigenvalue weighted by Crippen LogP contribution is -2.55. The highest BCUT2D eigenvalue weighted by Gasteiger charge is 2.28. The molecule has 5 nitrogen and oxygen atoms in total. The van der Waals surface area contributed by atoms with Crippen molar-refractivity contribution >= 4 is 5.95 Å². The monoisotopic (exact) mass is 250 g/mol. The van der Waals surface area contributed by atoms with E-state index < -0.39 is 0 Å². The van der Waals surface area contributed by atoms with Crippen molar-refractivity contribution in [2.24, 2.45) is 0 Å². The molecular weight excluding hydrogens is 228 g/mol. The van der Waals surface area contributed by atoms with Gasteiger partial charge in [0.15, 0.2) is 5.75 Å². The standard InChI is InChI=1S/C13H22N4O/c1-9-7-17(8-10(2)16(9)4)13-14-6-12(18-5)11(3)15-13/h6,9-10H,7-8H2,1-5H3/t9-,10?/m0/s1. The summed E-state index contributed by atoms with van der Waals surface area (Å²) in [5, 5.41) is 0. The molecule has 0 saturated carbocycles. The summed E-state index contributed by atoms with van der Waals surface area (Å²) in [6.07, 6.45) is 1.76. The fraction of sp³-hybridized carbons (Fsp3) is 0.692. The van der Waals surface area contributed by atoms with Crippen LogP contribution in [0.4, 0.5) is 5.95 Å². The number of rotatable bonds is 2. The molecule has 1 saturated heterocycles. The highest BCUT2D eigenvalue weighted by molar-refractivity contribution is 5.36. The Morgan fingerprint density at radius 1 is 1.28 bits per heavy atom. The number of anilines is 1. The van der Waals surface area contributed by atoms with Crippen molar-refractivity contribution in [3.05, 3.63) is 11.9 Å². The molecule has 0 amide bonds. The van der Waals surface area contributed by atoms with Crippen LogP contribution in [0.15, 0.2) is 6.20 Å². The second-order valence-corrected chi connectivity index (χ2v) is 5.09. The molecule has 0 spiro atoms. The molecule has 0 radical (unpaired) electrons. The van der Waals surface area contributed by atoms with Gasteiger partial charge in [-0.25, -0.2) is 9.97 Å². The lowest BCUT2D eigenvalue weighted by atomic mass is 10.1. The van der Waals surface area contributed by atoms with Gasteiger partial charge in [0.2, 0.25) is 5.95 Å². The molecule has 1 fully saturated rings. The summed E-state index contributed by atoms with van der Waals surface area (Å²) in [5.74, 6) is 1.55. The summed E-state index contributed by atoms with van der Waals surface area (Å²) in [6, 6.07) is 1.03. The number of piperazine rings is 1. The van der Waals surface area contributed by atoms with Gasteiger partial charge in [0.25, 0.3) is 0 Å². The zero-order valence-electron chi connectivity index (χ0n) is 11.8. The topological polar surface area (TPSA) is 41.5 Å². The number of nitrogens with zero attached hydrogens (tertiary/aromatic N) is 4. The van der Waals surface area contributed by atoms with Gasteiger partial charge >= 0.3 is 0 Å². The van der Waals surface area contributed by atoms with Crippen molar-refractivity contribution in [3.8, 4) is 5.75 Å². The van der Waals surface area contributed by atoms with Crippen molar-refractivity contribution in [3.63, 3.8) is 0 Å². The number of hydrogen-bond acceptors (Lipinski definition) is 5. The van der Waals surface area contributed by atoms with Gasteiger partial charge < -0.3 is 9.64 Å². The van der Waals surface area contributed by atoms with E-state index in [0.29, 0.717) is 12.1 Å². The molecule has 5 heteroatoms. The van der Waals surface area contributed by atoms with Crippen LogP contribution in [0.5, 0.6) is 5.75 Å². The summed E-state index contributed by atoms with van der Waals surface area (Å²) in [4.78, 5) is 13.6. The highest BCUT2D eigenvalue weighted by Crippen LogP contribution is 2.21. The van der Waals surface area contributed by atoms with Crippen LogP contribution in [0.1, 0.15) is 19.5 Å². The average Bonchev–Trinajstić information content (AvgIpc) is 2.35. The Kier molecular flexibility index (Phi) is 3.71. The van der Waals surface area contributed by atoms with E-state index in [2.05, 4.69) is 40.7 Å². The third kappa shape index (κ3) is 2.41. The molecule has 0 aromatic carbocycles. The first-order valence-corrected chi connectivity index (χ1v) is 6.37. The maximum atomic E-state index is 5.19. The minimum Gasteiger partial charge on any atom is -0.493 e. The van der Waals surface area contributed by atoms with Gasteiger partial charge in [-0.3, -0.25) is 4.90 Å². The van der Waals surface area contributed by atoms with Crippen molar-refractivity contribution in [2.45, 2.75) is 32.9 Å². The predicted molar refractivity (Wildman–Crippen MR) is 72.2 cm³/mol. The first-order chi connectivity index (χ1) is 8.52. The van der Waals surface area contributed by atoms with E-state index in [1.807, 2.05) is 6.92 Å². The van der Waals surface area contributed by atoms with Crippen LogP contribution in [0.2, 0.25) is 0 Å². The fourth-order valence-electron chi connectivity index (χ4n) is 2.36. The van der Waals surface area contributed by atoms with E-state index >= 15 is 0 Å². The molecule has 1 aliphatic heterocycles. The van der Waals surface area contributed by atoms with Gasteiger partial charge in [-0.05, 0) is 27.8 Å². The molecule has 2 atom stereocenters. The highest BCUT2D eigenvalue weighted by atomic mass is 16.5. The summed E-state index contributed by atoms with van der Waals surface area (Å²) >= 11 is 0. The quantitative estimate of drug-likeness (QED) is 0.792. The summed E-state index contributed by atoms with van der Waals surface area (Å²) < 4.78 is 5.19. The zero-order chi connectivity index (χ0) is 13.3. The Labute approximate surface area is 109 Å². The second kappa shape index (κ2) is 5.10. The van der Waals surface area contributed by atoms with Gasteiger partial charge in [-0.15, -0.1) is 0 Å². The van der Waals surface area contributed by atoms with E-state index in [9.17, 15) is 0 Å². The van der Waals surface area contributed by atoms with Crippen LogP contribution < -0.4 is 9.64 Å². The van der Waals surface area contributed by atoms with E-state index in [-0.39, 0.29) is 0 Å². The molecule has 0 aliphatic carbocycles. The third-order valence-corrected chi connectivity index (χ3v) is 3.78. The van der Waals surface area contributed by atoms with Crippen LogP contribution in [-0.2, 0) is 0 Å². The van der Waals surface area contributed by atoms with Gasteiger partial charge in [0.1, 0.15) is 0 Å². The molecule has 1 aliphatic rings. The average molecular weight is 250 g/mol. The van der Waals surface area contributed by atoms with E-state index in [1.54, 1.807) is 13.3 Å². The Bertz CT molecular complexity index is 411. The van der Waals surface area contributed by atoms with E-state index in [0.717, 1.165) is 30.5 Å². The zero-order valence-corrected chi connectivity index (χ0v) is 11.8. The molecular formula is C13H22N4O. The van der Waals surface area contributed by atoms with Crippen LogP contribution in [0.3, 0.4) is 0 Å². The maximum Gasteiger partial charge on any atom is 0.225 e. The third-order valence-electron chi connectivity index (χ3n) is 3.78. The van der Waals surface area contributed by atoms with E-state index in [4.69, 9.17) is 4.74 Å². The molecule has 0 bridgehead atoms. The van der Waals surface area contributed by atoms with Gasteiger partial charge in [-0.1, -0.05) is 0 Å². The number of likely N-dealkylation sites (N-methyl/N-ethyl adjacent to an activating group) is 1. The lowest BCUT2D eigenvalue weighted by Gasteiger charge is -2.42. The predicted octanol–water partition coefficient (Wildman–Crippen LogP) is 1.32. The number of ether oxygens (including phenoxy) is 1. The molecule has 2 rings (SSSR count). The molecule has 1 aromatic rings. The largest absolute Gasteiger partial charge is 0.493 e. The SMILES string of the molecule is COc1cnc(N2CC(C)N(C)[C@@H](C)C2)nc1C. The summed E-state index contributed by atoms with van der Waals surface area (Å²) in [7, 11) is 3.82. The number of methoxy groups -OCH3 is 1. The Balaban J connectivity index is 2.19. The summed E-state index contributed by atoms with van der Waals surface area (Å²) in [5.41, 5.74) is 0.890. The van der Waals surface area contributed by atoms with Crippen LogP contribution in [0, 0.1) is 6.92 Å². The smallest absolute Gasteiger partial charge is 0.225 e. The minimum atomic E-state index is 0.514. The minimum absolute atomic E-state index is 0.514. The second-order valence-electron chi connectivity index (χ2n) is 5.09. The first-order valence-electron chi connectivity index (χ1n) is 6.37. The van der Waals surface area contributed by atoms with Gasteiger partial charge in [0, 0.05) is 25.2 Å². The number of aryl methyl sites for hydroxylation is 1. The van der Waals surface area contributed by atoms with Gasteiger partial charge in [0.05, 0.1) is 19.0 Å². The molecule has 1 unspecified atom stereocenters. The van der Waals surface area contributed by atoms with Crippen molar-refractivity contribution < 1.29 is 4.74 Å². The molecule has 100 valence electrons. The molecule has 2 heterocycles. The first kappa shape index (κ1) is 13.1. The molecule has 18 heavy (non-hydrogen) atoms. The normalized spacial score (nSPS) is 25.3. The van der Waals surface area contributed by atoms with Crippen LogP contribution >= 0.6 is 0 Å².